The summed E-state index contributed by atoms with van der Waals surface area (Å²) in [5.74, 6) is -0.234. The van der Waals surface area contributed by atoms with Crippen LogP contribution < -0.4 is 10.6 Å². The average molecular weight is 515 g/mol. The first kappa shape index (κ1) is 26.5. The number of benzene rings is 2. The van der Waals surface area contributed by atoms with Gasteiger partial charge in [-0.05, 0) is 61.9 Å². The Kier molecular flexibility index (Phi) is 7.39. The fraction of sp³-hybridized carbons (Fsp3) is 0.500. The maximum atomic E-state index is 13.3. The standard InChI is InChI=1S/C26H28F6N2O2/c1-16(18-11-20(25(27,28)29)13-21(12-18)26(30,31)32)36-15-24(19-5-3-2-4-6-19)10-9-17(14-33-24)23(35)34-22-7-8-22/h2-6,11-13,16-17,22,33H,7-10,14-15H2,1H3,(H,34,35)/t16-,17?,24-/m1/s1. The highest BCUT2D eigenvalue weighted by Crippen LogP contribution is 2.39. The summed E-state index contributed by atoms with van der Waals surface area (Å²) in [6.07, 6.45) is -7.84. The SMILES string of the molecule is C[C@@H](OC[C@@]1(c2ccccc2)CCC(C(=O)NC2CC2)CN1)c1cc(C(F)(F)F)cc(C(F)(F)F)c1. The van der Waals surface area contributed by atoms with Gasteiger partial charge in [0, 0.05) is 12.6 Å². The Balaban J connectivity index is 1.53. The number of hydrogen-bond donors (Lipinski definition) is 2. The average Bonchev–Trinajstić information content (AvgIpc) is 3.66. The lowest BCUT2D eigenvalue weighted by Crippen LogP contribution is -2.54. The van der Waals surface area contributed by atoms with Crippen molar-refractivity contribution >= 4 is 5.91 Å². The molecule has 2 aromatic carbocycles. The number of hydrogen-bond acceptors (Lipinski definition) is 3. The molecule has 2 aromatic rings. The zero-order chi connectivity index (χ0) is 26.1. The molecule has 0 aromatic heterocycles. The molecule has 1 heterocycles. The highest BCUT2D eigenvalue weighted by Gasteiger charge is 2.41. The fourth-order valence-electron chi connectivity index (χ4n) is 4.49. The van der Waals surface area contributed by atoms with Crippen molar-refractivity contribution in [2.24, 2.45) is 5.92 Å². The second-order valence-corrected chi connectivity index (χ2v) is 9.64. The first-order chi connectivity index (χ1) is 16.9. The Morgan fingerprint density at radius 1 is 1.03 bits per heavy atom. The van der Waals surface area contributed by atoms with Gasteiger partial charge in [0.15, 0.2) is 0 Å². The number of amides is 1. The number of rotatable bonds is 7. The number of nitrogens with one attached hydrogen (secondary N) is 2. The summed E-state index contributed by atoms with van der Waals surface area (Å²) < 4.78 is 85.7. The highest BCUT2D eigenvalue weighted by atomic mass is 19.4. The van der Waals surface area contributed by atoms with Gasteiger partial charge in [0.2, 0.25) is 5.91 Å². The van der Waals surface area contributed by atoms with E-state index < -0.39 is 35.1 Å². The van der Waals surface area contributed by atoms with Crippen LogP contribution in [0.4, 0.5) is 26.3 Å². The van der Waals surface area contributed by atoms with E-state index >= 15 is 0 Å². The van der Waals surface area contributed by atoms with E-state index in [1.54, 1.807) is 0 Å². The summed E-state index contributed by atoms with van der Waals surface area (Å²) in [4.78, 5) is 12.5. The Morgan fingerprint density at radius 3 is 2.14 bits per heavy atom. The summed E-state index contributed by atoms with van der Waals surface area (Å²) in [7, 11) is 0. The van der Waals surface area contributed by atoms with Crippen LogP contribution in [0, 0.1) is 5.92 Å². The van der Waals surface area contributed by atoms with E-state index in [1.807, 2.05) is 30.3 Å². The molecule has 2 N–H and O–H groups in total. The van der Waals surface area contributed by atoms with Gasteiger partial charge in [0.25, 0.3) is 0 Å². The third-order valence-corrected chi connectivity index (χ3v) is 6.89. The van der Waals surface area contributed by atoms with E-state index in [-0.39, 0.29) is 36.1 Å². The van der Waals surface area contributed by atoms with Crippen LogP contribution >= 0.6 is 0 Å². The number of carbonyl (C=O) groups is 1. The molecule has 0 spiro atoms. The van der Waals surface area contributed by atoms with Gasteiger partial charge in [-0.15, -0.1) is 0 Å². The molecule has 1 amide bonds. The van der Waals surface area contributed by atoms with Gasteiger partial charge in [0.1, 0.15) is 0 Å². The van der Waals surface area contributed by atoms with E-state index in [0.717, 1.165) is 18.4 Å². The van der Waals surface area contributed by atoms with Crippen LogP contribution in [0.2, 0.25) is 0 Å². The number of ether oxygens (including phenoxy) is 1. The lowest BCUT2D eigenvalue weighted by molar-refractivity contribution is -0.143. The van der Waals surface area contributed by atoms with Crippen molar-refractivity contribution in [2.75, 3.05) is 13.2 Å². The summed E-state index contributed by atoms with van der Waals surface area (Å²) in [5, 5.41) is 6.41. The lowest BCUT2D eigenvalue weighted by Gasteiger charge is -2.42. The van der Waals surface area contributed by atoms with Crippen LogP contribution in [-0.2, 0) is 27.4 Å². The first-order valence-electron chi connectivity index (χ1n) is 11.9. The highest BCUT2D eigenvalue weighted by molar-refractivity contribution is 5.79. The van der Waals surface area contributed by atoms with Gasteiger partial charge in [-0.3, -0.25) is 4.79 Å². The van der Waals surface area contributed by atoms with Crippen LogP contribution in [0.15, 0.2) is 48.5 Å². The molecule has 0 radical (unpaired) electrons. The molecule has 4 rings (SSSR count). The van der Waals surface area contributed by atoms with Crippen LogP contribution in [0.5, 0.6) is 0 Å². The Hall–Kier alpha value is -2.59. The van der Waals surface area contributed by atoms with Gasteiger partial charge in [-0.2, -0.15) is 26.3 Å². The number of piperidine rings is 1. The molecule has 3 atom stereocenters. The quantitative estimate of drug-likeness (QED) is 0.448. The largest absolute Gasteiger partial charge is 0.416 e. The van der Waals surface area contributed by atoms with E-state index in [0.29, 0.717) is 31.5 Å². The molecule has 1 saturated heterocycles. The van der Waals surface area contributed by atoms with E-state index in [2.05, 4.69) is 10.6 Å². The maximum Gasteiger partial charge on any atom is 0.416 e. The monoisotopic (exact) mass is 514 g/mol. The van der Waals surface area contributed by atoms with Crippen molar-refractivity contribution in [1.29, 1.82) is 0 Å². The molecule has 2 aliphatic rings. The van der Waals surface area contributed by atoms with Crippen molar-refractivity contribution in [3.05, 3.63) is 70.8 Å². The van der Waals surface area contributed by atoms with E-state index in [9.17, 15) is 31.1 Å². The molecule has 1 unspecified atom stereocenters. The van der Waals surface area contributed by atoms with Gasteiger partial charge in [-0.25, -0.2) is 0 Å². The molecular weight excluding hydrogens is 486 g/mol. The van der Waals surface area contributed by atoms with Gasteiger partial charge >= 0.3 is 12.4 Å². The predicted octanol–water partition coefficient (Wildman–Crippen LogP) is 5.98. The van der Waals surface area contributed by atoms with Crippen LogP contribution in [0.1, 0.15) is 61.0 Å². The summed E-state index contributed by atoms with van der Waals surface area (Å²) in [6, 6.07) is 11.1. The fourth-order valence-corrected chi connectivity index (χ4v) is 4.49. The van der Waals surface area contributed by atoms with Crippen LogP contribution in [0.25, 0.3) is 0 Å². The smallest absolute Gasteiger partial charge is 0.372 e. The van der Waals surface area contributed by atoms with Crippen molar-refractivity contribution in [1.82, 2.24) is 10.6 Å². The normalized spacial score (nSPS) is 23.8. The molecule has 1 aliphatic heterocycles. The Labute approximate surface area is 205 Å². The number of alkyl halides is 6. The van der Waals surface area contributed by atoms with Crippen molar-refractivity contribution in [2.45, 2.75) is 62.6 Å². The first-order valence-corrected chi connectivity index (χ1v) is 11.9. The third kappa shape index (κ3) is 6.21. The van der Waals surface area contributed by atoms with Crippen molar-refractivity contribution < 1.29 is 35.9 Å². The van der Waals surface area contributed by atoms with E-state index in [1.165, 1.54) is 6.92 Å². The third-order valence-electron chi connectivity index (χ3n) is 6.89. The van der Waals surface area contributed by atoms with Crippen molar-refractivity contribution in [3.63, 3.8) is 0 Å². The molecule has 1 saturated carbocycles. The van der Waals surface area contributed by atoms with Crippen molar-refractivity contribution in [3.8, 4) is 0 Å². The molecule has 36 heavy (non-hydrogen) atoms. The Bertz CT molecular complexity index is 1030. The topological polar surface area (TPSA) is 50.4 Å². The number of halogens is 6. The minimum absolute atomic E-state index is 0.00669. The molecule has 196 valence electrons. The summed E-state index contributed by atoms with van der Waals surface area (Å²) in [6.45, 7) is 1.82. The zero-order valence-electron chi connectivity index (χ0n) is 19.7. The molecule has 10 heteroatoms. The molecule has 1 aliphatic carbocycles. The van der Waals surface area contributed by atoms with Gasteiger partial charge in [-0.1, -0.05) is 30.3 Å². The second kappa shape index (κ2) is 10.0. The van der Waals surface area contributed by atoms with Crippen LogP contribution in [-0.4, -0.2) is 25.1 Å². The van der Waals surface area contributed by atoms with E-state index in [4.69, 9.17) is 4.74 Å². The summed E-state index contributed by atoms with van der Waals surface area (Å²) in [5.41, 5.74) is -2.82. The maximum absolute atomic E-state index is 13.3. The van der Waals surface area contributed by atoms with Gasteiger partial charge < -0.3 is 15.4 Å². The molecule has 0 bridgehead atoms. The summed E-state index contributed by atoms with van der Waals surface area (Å²) >= 11 is 0. The minimum Gasteiger partial charge on any atom is -0.372 e. The van der Waals surface area contributed by atoms with Gasteiger partial charge in [0.05, 0.1) is 35.3 Å². The molecular formula is C26H28F6N2O2. The molecule has 4 nitrogen and oxygen atoms in total. The Morgan fingerprint density at radius 2 is 1.64 bits per heavy atom. The predicted molar refractivity (Wildman–Crippen MR) is 121 cm³/mol. The molecule has 2 fully saturated rings. The van der Waals surface area contributed by atoms with Crippen LogP contribution in [0.3, 0.4) is 0 Å². The lowest BCUT2D eigenvalue weighted by atomic mass is 9.79. The zero-order valence-corrected chi connectivity index (χ0v) is 19.7. The second-order valence-electron chi connectivity index (χ2n) is 9.64. The minimum atomic E-state index is -4.93. The number of carbonyl (C=O) groups excluding carboxylic acids is 1.